The fraction of sp³-hybridized carbons (Fsp3) is 0.278. The molecule has 1 aliphatic carbocycles. The van der Waals surface area contributed by atoms with E-state index in [0.717, 1.165) is 12.8 Å². The maximum absolute atomic E-state index is 12.5. The number of carbonyl (C=O) groups is 1. The van der Waals surface area contributed by atoms with Crippen LogP contribution in [0.3, 0.4) is 0 Å². The van der Waals surface area contributed by atoms with E-state index >= 15 is 0 Å². The zero-order chi connectivity index (χ0) is 18.7. The molecule has 138 valence electrons. The number of methoxy groups -OCH3 is 1. The van der Waals surface area contributed by atoms with Gasteiger partial charge in [-0.3, -0.25) is 4.79 Å². The second kappa shape index (κ2) is 7.65. The Morgan fingerprint density at radius 3 is 2.65 bits per heavy atom. The van der Waals surface area contributed by atoms with Crippen LogP contribution in [0.4, 0.5) is 5.69 Å². The predicted molar refractivity (Wildman–Crippen MR) is 100 cm³/mol. The first-order valence-corrected chi connectivity index (χ1v) is 10.00. The molecule has 1 aliphatic rings. The number of hydrogen-bond donors (Lipinski definition) is 2. The van der Waals surface area contributed by atoms with Gasteiger partial charge in [0.05, 0.1) is 22.7 Å². The highest BCUT2D eigenvalue weighted by atomic mass is 35.5. The summed E-state index contributed by atoms with van der Waals surface area (Å²) in [6.45, 7) is 0.431. The van der Waals surface area contributed by atoms with Crippen molar-refractivity contribution in [2.75, 3.05) is 19.0 Å². The normalized spacial score (nSPS) is 14.1. The van der Waals surface area contributed by atoms with E-state index in [0.29, 0.717) is 28.9 Å². The first-order valence-electron chi connectivity index (χ1n) is 8.13. The van der Waals surface area contributed by atoms with E-state index in [9.17, 15) is 13.2 Å². The Morgan fingerprint density at radius 1 is 1.23 bits per heavy atom. The van der Waals surface area contributed by atoms with Crippen molar-refractivity contribution in [2.24, 2.45) is 5.92 Å². The number of benzene rings is 2. The first-order chi connectivity index (χ1) is 12.4. The lowest BCUT2D eigenvalue weighted by Gasteiger charge is -2.10. The minimum Gasteiger partial charge on any atom is -0.497 e. The van der Waals surface area contributed by atoms with Crippen LogP contribution in [0.25, 0.3) is 0 Å². The number of halogens is 1. The molecule has 0 spiro atoms. The molecule has 8 heteroatoms. The van der Waals surface area contributed by atoms with E-state index in [4.69, 9.17) is 16.3 Å². The van der Waals surface area contributed by atoms with Crippen molar-refractivity contribution in [2.45, 2.75) is 17.7 Å². The molecule has 0 bridgehead atoms. The van der Waals surface area contributed by atoms with Gasteiger partial charge in [0.15, 0.2) is 0 Å². The van der Waals surface area contributed by atoms with Crippen LogP contribution in [-0.4, -0.2) is 28.0 Å². The highest BCUT2D eigenvalue weighted by Crippen LogP contribution is 2.29. The quantitative estimate of drug-likeness (QED) is 0.754. The Labute approximate surface area is 157 Å². The Bertz CT molecular complexity index is 927. The SMILES string of the molecule is COc1ccc(NC(=O)c2cccc(S(=O)(=O)NCC3CC3)c2)c(Cl)c1. The predicted octanol–water partition coefficient (Wildman–Crippen LogP) is 3.29. The monoisotopic (exact) mass is 394 g/mol. The molecule has 1 fully saturated rings. The largest absolute Gasteiger partial charge is 0.497 e. The maximum Gasteiger partial charge on any atom is 0.255 e. The summed E-state index contributed by atoms with van der Waals surface area (Å²) in [5.41, 5.74) is 0.642. The summed E-state index contributed by atoms with van der Waals surface area (Å²) in [6.07, 6.45) is 2.10. The molecule has 0 aromatic heterocycles. The van der Waals surface area contributed by atoms with Crippen molar-refractivity contribution < 1.29 is 17.9 Å². The summed E-state index contributed by atoms with van der Waals surface area (Å²) in [5.74, 6) is 0.549. The molecule has 0 aliphatic heterocycles. The average molecular weight is 395 g/mol. The van der Waals surface area contributed by atoms with Crippen molar-refractivity contribution >= 4 is 33.2 Å². The molecule has 0 saturated heterocycles. The molecule has 3 rings (SSSR count). The van der Waals surface area contributed by atoms with Crippen LogP contribution in [0, 0.1) is 5.92 Å². The summed E-state index contributed by atoms with van der Waals surface area (Å²) < 4.78 is 32.3. The Balaban J connectivity index is 1.75. The molecule has 2 N–H and O–H groups in total. The highest BCUT2D eigenvalue weighted by Gasteiger charge is 2.24. The fourth-order valence-electron chi connectivity index (χ4n) is 2.36. The lowest BCUT2D eigenvalue weighted by molar-refractivity contribution is 0.102. The molecule has 1 saturated carbocycles. The van der Waals surface area contributed by atoms with Crippen LogP contribution in [0.1, 0.15) is 23.2 Å². The topological polar surface area (TPSA) is 84.5 Å². The fourth-order valence-corrected chi connectivity index (χ4v) is 3.74. The third-order valence-corrected chi connectivity index (χ3v) is 5.82. The van der Waals surface area contributed by atoms with Crippen LogP contribution >= 0.6 is 11.6 Å². The Hall–Kier alpha value is -2.09. The summed E-state index contributed by atoms with van der Waals surface area (Å²) in [7, 11) is -2.11. The van der Waals surface area contributed by atoms with Gasteiger partial charge in [-0.25, -0.2) is 13.1 Å². The van der Waals surface area contributed by atoms with Crippen LogP contribution in [0.2, 0.25) is 5.02 Å². The standard InChI is InChI=1S/C18H19ClN2O4S/c1-25-14-7-8-17(16(19)10-14)21-18(22)13-3-2-4-15(9-13)26(23,24)20-11-12-5-6-12/h2-4,7-10,12,20H,5-6,11H2,1H3,(H,21,22). The van der Waals surface area contributed by atoms with Crippen LogP contribution in [0.5, 0.6) is 5.75 Å². The summed E-state index contributed by atoms with van der Waals surface area (Å²) in [6, 6.07) is 10.8. The second-order valence-electron chi connectivity index (χ2n) is 6.12. The Kier molecular flexibility index (Phi) is 5.50. The number of amides is 1. The number of anilines is 1. The molecule has 6 nitrogen and oxygen atoms in total. The molecule has 0 unspecified atom stereocenters. The van der Waals surface area contributed by atoms with Gasteiger partial charge in [-0.05, 0) is 49.1 Å². The zero-order valence-electron chi connectivity index (χ0n) is 14.2. The molecule has 1 amide bonds. The van der Waals surface area contributed by atoms with Gasteiger partial charge in [0.2, 0.25) is 10.0 Å². The van der Waals surface area contributed by atoms with E-state index in [-0.39, 0.29) is 10.5 Å². The van der Waals surface area contributed by atoms with Crippen LogP contribution in [-0.2, 0) is 10.0 Å². The minimum atomic E-state index is -3.63. The van der Waals surface area contributed by atoms with Gasteiger partial charge in [-0.1, -0.05) is 17.7 Å². The van der Waals surface area contributed by atoms with Crippen LogP contribution < -0.4 is 14.8 Å². The number of nitrogens with one attached hydrogen (secondary N) is 2. The van der Waals surface area contributed by atoms with Gasteiger partial charge < -0.3 is 10.1 Å². The number of sulfonamides is 1. The van der Waals surface area contributed by atoms with E-state index in [1.54, 1.807) is 24.3 Å². The molecule has 2 aromatic rings. The minimum absolute atomic E-state index is 0.0617. The summed E-state index contributed by atoms with van der Waals surface area (Å²) in [5, 5.41) is 3.00. The van der Waals surface area contributed by atoms with E-state index < -0.39 is 15.9 Å². The highest BCUT2D eigenvalue weighted by molar-refractivity contribution is 7.89. The summed E-state index contributed by atoms with van der Waals surface area (Å²) >= 11 is 6.12. The lowest BCUT2D eigenvalue weighted by Crippen LogP contribution is -2.26. The second-order valence-corrected chi connectivity index (χ2v) is 8.30. The zero-order valence-corrected chi connectivity index (χ0v) is 15.7. The van der Waals surface area contributed by atoms with Crippen molar-refractivity contribution in [1.29, 1.82) is 0 Å². The molecule has 0 atom stereocenters. The van der Waals surface area contributed by atoms with Gasteiger partial charge in [0.1, 0.15) is 5.75 Å². The first kappa shape index (κ1) is 18.7. The lowest BCUT2D eigenvalue weighted by atomic mass is 10.2. The van der Waals surface area contributed by atoms with Crippen molar-refractivity contribution in [3.63, 3.8) is 0 Å². The maximum atomic E-state index is 12.5. The molecule has 2 aromatic carbocycles. The van der Waals surface area contributed by atoms with E-state index in [2.05, 4.69) is 10.0 Å². The van der Waals surface area contributed by atoms with E-state index in [1.807, 2.05) is 0 Å². The number of rotatable bonds is 7. The number of carbonyl (C=O) groups excluding carboxylic acids is 1. The Morgan fingerprint density at radius 2 is 2.00 bits per heavy atom. The average Bonchev–Trinajstić information content (AvgIpc) is 3.46. The van der Waals surface area contributed by atoms with Gasteiger partial charge >= 0.3 is 0 Å². The van der Waals surface area contributed by atoms with Gasteiger partial charge in [0.25, 0.3) is 5.91 Å². The van der Waals surface area contributed by atoms with Gasteiger partial charge in [-0.15, -0.1) is 0 Å². The number of hydrogen-bond acceptors (Lipinski definition) is 4. The summed E-state index contributed by atoms with van der Waals surface area (Å²) in [4.78, 5) is 12.5. The van der Waals surface area contributed by atoms with Gasteiger partial charge in [0, 0.05) is 18.2 Å². The number of ether oxygens (including phenoxy) is 1. The van der Waals surface area contributed by atoms with Crippen molar-refractivity contribution in [3.05, 3.63) is 53.1 Å². The van der Waals surface area contributed by atoms with Crippen molar-refractivity contribution in [3.8, 4) is 5.75 Å². The van der Waals surface area contributed by atoms with E-state index in [1.165, 1.54) is 25.3 Å². The molecule has 0 radical (unpaired) electrons. The van der Waals surface area contributed by atoms with Crippen molar-refractivity contribution in [1.82, 2.24) is 4.72 Å². The molecular formula is C18H19ClN2O4S. The third-order valence-electron chi connectivity index (χ3n) is 4.09. The molecule has 26 heavy (non-hydrogen) atoms. The molecular weight excluding hydrogens is 376 g/mol. The third kappa shape index (κ3) is 4.55. The van der Waals surface area contributed by atoms with Gasteiger partial charge in [-0.2, -0.15) is 0 Å². The molecule has 0 heterocycles. The van der Waals surface area contributed by atoms with Crippen LogP contribution in [0.15, 0.2) is 47.4 Å². The smallest absolute Gasteiger partial charge is 0.255 e.